The highest BCUT2D eigenvalue weighted by Gasteiger charge is 2.29. The topological polar surface area (TPSA) is 86.8 Å². The summed E-state index contributed by atoms with van der Waals surface area (Å²) in [6.45, 7) is 6.64. The summed E-state index contributed by atoms with van der Waals surface area (Å²) >= 11 is 12.4. The van der Waals surface area contributed by atoms with E-state index in [0.717, 1.165) is 24.7 Å². The molecule has 0 aliphatic carbocycles. The SMILES string of the molecule is CCCNC(=O)[C@@H](CC)N(Cc1ccc(Cl)cc1Cl)C(=O)CCCN(c1ccc(CC)cc1)S(C)(=O)=O. The Balaban J connectivity index is 2.23. The maximum Gasteiger partial charge on any atom is 0.242 e. The predicted molar refractivity (Wildman–Crippen MR) is 152 cm³/mol. The fraction of sp³-hybridized carbons (Fsp3) is 0.481. The molecule has 0 aliphatic heterocycles. The maximum atomic E-state index is 13.5. The van der Waals surface area contributed by atoms with Gasteiger partial charge in [-0.25, -0.2) is 8.42 Å². The Labute approximate surface area is 231 Å². The molecular formula is C27H37Cl2N3O4S. The zero-order valence-corrected chi connectivity index (χ0v) is 24.3. The van der Waals surface area contributed by atoms with Crippen LogP contribution in [0.1, 0.15) is 57.6 Å². The van der Waals surface area contributed by atoms with Crippen molar-refractivity contribution in [3.8, 4) is 0 Å². The van der Waals surface area contributed by atoms with Gasteiger partial charge in [-0.05, 0) is 61.1 Å². The number of carbonyl (C=O) groups is 2. The molecule has 0 aromatic heterocycles. The lowest BCUT2D eigenvalue weighted by Gasteiger charge is -2.31. The Morgan fingerprint density at radius 2 is 1.70 bits per heavy atom. The van der Waals surface area contributed by atoms with Crippen molar-refractivity contribution in [3.05, 3.63) is 63.6 Å². The van der Waals surface area contributed by atoms with E-state index in [2.05, 4.69) is 5.32 Å². The predicted octanol–water partition coefficient (Wildman–Crippen LogP) is 5.44. The van der Waals surface area contributed by atoms with E-state index in [-0.39, 0.29) is 31.3 Å². The Bertz CT molecular complexity index is 1160. The average molecular weight is 571 g/mol. The summed E-state index contributed by atoms with van der Waals surface area (Å²) in [5.74, 6) is -0.476. The van der Waals surface area contributed by atoms with E-state index in [4.69, 9.17) is 23.2 Å². The van der Waals surface area contributed by atoms with Crippen molar-refractivity contribution < 1.29 is 18.0 Å². The standard InChI is InChI=1S/C27H37Cl2N3O4S/c1-5-16-30-27(34)25(7-3)31(19-21-12-13-22(28)18-24(21)29)26(33)9-8-17-32(37(4,35)36)23-14-10-20(6-2)11-15-23/h10-15,18,25H,5-9,16-17,19H2,1-4H3,(H,30,34)/t25-/m1/s1. The van der Waals surface area contributed by atoms with Crippen molar-refractivity contribution in [2.24, 2.45) is 0 Å². The fourth-order valence-corrected chi connectivity index (χ4v) is 5.45. The summed E-state index contributed by atoms with van der Waals surface area (Å²) in [5, 5.41) is 3.77. The van der Waals surface area contributed by atoms with Crippen LogP contribution in [0, 0.1) is 0 Å². The van der Waals surface area contributed by atoms with Gasteiger partial charge < -0.3 is 10.2 Å². The van der Waals surface area contributed by atoms with Crippen LogP contribution in [0.3, 0.4) is 0 Å². The zero-order valence-electron chi connectivity index (χ0n) is 22.0. The van der Waals surface area contributed by atoms with Crippen molar-refractivity contribution in [2.45, 2.75) is 65.5 Å². The minimum atomic E-state index is -3.54. The number of amides is 2. The van der Waals surface area contributed by atoms with Gasteiger partial charge >= 0.3 is 0 Å². The molecule has 0 radical (unpaired) electrons. The number of nitrogens with zero attached hydrogens (tertiary/aromatic N) is 2. The molecule has 37 heavy (non-hydrogen) atoms. The lowest BCUT2D eigenvalue weighted by Crippen LogP contribution is -2.49. The summed E-state index contributed by atoms with van der Waals surface area (Å²) in [5.41, 5.74) is 2.34. The van der Waals surface area contributed by atoms with E-state index < -0.39 is 16.1 Å². The Morgan fingerprint density at radius 1 is 1.03 bits per heavy atom. The summed E-state index contributed by atoms with van der Waals surface area (Å²) in [4.78, 5) is 27.9. The summed E-state index contributed by atoms with van der Waals surface area (Å²) < 4.78 is 26.3. The molecule has 2 aromatic rings. The van der Waals surface area contributed by atoms with Gasteiger partial charge in [0.05, 0.1) is 11.9 Å². The molecule has 2 aromatic carbocycles. The second-order valence-corrected chi connectivity index (χ2v) is 11.7. The number of sulfonamides is 1. The molecule has 0 bridgehead atoms. The van der Waals surface area contributed by atoms with Crippen LogP contribution in [0.5, 0.6) is 0 Å². The maximum absolute atomic E-state index is 13.5. The molecule has 0 aliphatic rings. The third-order valence-electron chi connectivity index (χ3n) is 6.08. The number of carbonyl (C=O) groups excluding carboxylic acids is 2. The number of benzene rings is 2. The zero-order chi connectivity index (χ0) is 27.6. The van der Waals surface area contributed by atoms with Gasteiger partial charge in [0, 0.05) is 36.1 Å². The normalized spacial score (nSPS) is 12.2. The average Bonchev–Trinajstić information content (AvgIpc) is 2.85. The van der Waals surface area contributed by atoms with Crippen molar-refractivity contribution in [3.63, 3.8) is 0 Å². The van der Waals surface area contributed by atoms with Crippen molar-refractivity contribution >= 4 is 50.7 Å². The van der Waals surface area contributed by atoms with E-state index in [1.54, 1.807) is 30.3 Å². The molecule has 0 saturated carbocycles. The number of rotatable bonds is 14. The molecule has 0 heterocycles. The number of nitrogens with one attached hydrogen (secondary N) is 1. The van der Waals surface area contributed by atoms with E-state index in [1.807, 2.05) is 32.9 Å². The molecule has 2 rings (SSSR count). The van der Waals surface area contributed by atoms with Crippen LogP contribution in [0.4, 0.5) is 5.69 Å². The highest BCUT2D eigenvalue weighted by Crippen LogP contribution is 2.25. The van der Waals surface area contributed by atoms with Gasteiger partial charge in [0.25, 0.3) is 0 Å². The quantitative estimate of drug-likeness (QED) is 0.328. The molecule has 0 spiro atoms. The van der Waals surface area contributed by atoms with Crippen LogP contribution >= 0.6 is 23.2 Å². The van der Waals surface area contributed by atoms with E-state index in [0.29, 0.717) is 40.7 Å². The highest BCUT2D eigenvalue weighted by molar-refractivity contribution is 7.92. The molecule has 0 fully saturated rings. The van der Waals surface area contributed by atoms with Gasteiger partial charge in [-0.15, -0.1) is 0 Å². The Kier molecular flexibility index (Phi) is 12.2. The summed E-state index contributed by atoms with van der Waals surface area (Å²) in [6, 6.07) is 11.7. The minimum absolute atomic E-state index is 0.0713. The lowest BCUT2D eigenvalue weighted by atomic mass is 10.1. The largest absolute Gasteiger partial charge is 0.354 e. The second-order valence-electron chi connectivity index (χ2n) is 8.93. The summed E-state index contributed by atoms with van der Waals surface area (Å²) in [6.07, 6.45) is 3.57. The first-order valence-corrected chi connectivity index (χ1v) is 15.2. The van der Waals surface area contributed by atoms with Crippen molar-refractivity contribution in [2.75, 3.05) is 23.7 Å². The smallest absolute Gasteiger partial charge is 0.242 e. The van der Waals surface area contributed by atoms with Gasteiger partial charge in [0.15, 0.2) is 0 Å². The molecule has 204 valence electrons. The number of halogens is 2. The lowest BCUT2D eigenvalue weighted by molar-refractivity contribution is -0.141. The molecular weight excluding hydrogens is 533 g/mol. The Morgan fingerprint density at radius 3 is 2.24 bits per heavy atom. The van der Waals surface area contributed by atoms with Gasteiger partial charge in [0.1, 0.15) is 6.04 Å². The van der Waals surface area contributed by atoms with Crippen LogP contribution in [0.2, 0.25) is 10.0 Å². The van der Waals surface area contributed by atoms with E-state index in [1.165, 1.54) is 9.21 Å². The molecule has 2 amide bonds. The van der Waals surface area contributed by atoms with Gasteiger partial charge in [-0.3, -0.25) is 13.9 Å². The number of hydrogen-bond acceptors (Lipinski definition) is 4. The summed E-state index contributed by atoms with van der Waals surface area (Å²) in [7, 11) is -3.54. The van der Waals surface area contributed by atoms with Gasteiger partial charge in [0.2, 0.25) is 21.8 Å². The first-order valence-electron chi connectivity index (χ1n) is 12.6. The first kappa shape index (κ1) is 30.9. The molecule has 1 atom stereocenters. The van der Waals surface area contributed by atoms with Crippen LogP contribution in [0.15, 0.2) is 42.5 Å². The number of aryl methyl sites for hydroxylation is 1. The third kappa shape index (κ3) is 9.20. The number of hydrogen-bond donors (Lipinski definition) is 1. The molecule has 7 nitrogen and oxygen atoms in total. The molecule has 0 saturated heterocycles. The fourth-order valence-electron chi connectivity index (χ4n) is 4.02. The van der Waals surface area contributed by atoms with Crippen LogP contribution in [-0.4, -0.2) is 50.5 Å². The first-order chi connectivity index (χ1) is 17.5. The van der Waals surface area contributed by atoms with Crippen LogP contribution in [0.25, 0.3) is 0 Å². The van der Waals surface area contributed by atoms with E-state index >= 15 is 0 Å². The third-order valence-corrected chi connectivity index (χ3v) is 7.86. The van der Waals surface area contributed by atoms with Gasteiger partial charge in [-0.1, -0.05) is 62.2 Å². The molecule has 10 heteroatoms. The van der Waals surface area contributed by atoms with Crippen LogP contribution < -0.4 is 9.62 Å². The number of anilines is 1. The van der Waals surface area contributed by atoms with E-state index in [9.17, 15) is 18.0 Å². The Hall–Kier alpha value is -2.29. The molecule has 0 unspecified atom stereocenters. The minimum Gasteiger partial charge on any atom is -0.354 e. The second kappa shape index (κ2) is 14.6. The monoisotopic (exact) mass is 569 g/mol. The van der Waals surface area contributed by atoms with Crippen LogP contribution in [-0.2, 0) is 32.6 Å². The van der Waals surface area contributed by atoms with Crippen molar-refractivity contribution in [1.82, 2.24) is 10.2 Å². The molecule has 1 N–H and O–H groups in total. The van der Waals surface area contributed by atoms with Crippen molar-refractivity contribution in [1.29, 1.82) is 0 Å². The highest BCUT2D eigenvalue weighted by atomic mass is 35.5. The van der Waals surface area contributed by atoms with Gasteiger partial charge in [-0.2, -0.15) is 0 Å².